The van der Waals surface area contributed by atoms with E-state index in [1.165, 1.54) is 6.92 Å². The number of carbonyl (C=O) groups excluding carboxylic acids is 1. The van der Waals surface area contributed by atoms with E-state index < -0.39 is 30.6 Å². The lowest BCUT2D eigenvalue weighted by Crippen LogP contribution is -2.66. The average molecular weight is 560 g/mol. The lowest BCUT2D eigenvalue weighted by Gasteiger charge is -2.46. The molecule has 1 heterocycles. The number of rotatable bonds is 16. The zero-order valence-corrected chi connectivity index (χ0v) is 23.7. The van der Waals surface area contributed by atoms with Gasteiger partial charge in [-0.15, -0.1) is 6.58 Å². The highest BCUT2D eigenvalue weighted by Crippen LogP contribution is 2.29. The maximum absolute atomic E-state index is 12.4. The van der Waals surface area contributed by atoms with Crippen LogP contribution in [0.25, 0.3) is 0 Å². The highest BCUT2D eigenvalue weighted by Gasteiger charge is 2.48. The molecule has 0 aliphatic carbocycles. The highest BCUT2D eigenvalue weighted by atomic mass is 16.7. The largest absolute Gasteiger partial charge is 0.374 e. The van der Waals surface area contributed by atoms with E-state index in [9.17, 15) is 4.79 Å². The van der Waals surface area contributed by atoms with Crippen LogP contribution in [0, 0.1) is 0 Å². The van der Waals surface area contributed by atoms with Crippen LogP contribution in [-0.2, 0) is 48.3 Å². The predicted molar refractivity (Wildman–Crippen MR) is 158 cm³/mol. The number of amides is 1. The molecule has 1 amide bonds. The number of unbranched alkanes of at least 4 members (excludes halogenated alkanes) is 1. The molecular weight excluding hydrogens is 518 g/mol. The van der Waals surface area contributed by atoms with Gasteiger partial charge in [-0.25, -0.2) is 0 Å². The third-order valence-corrected chi connectivity index (χ3v) is 6.82. The van der Waals surface area contributed by atoms with Crippen molar-refractivity contribution in [2.45, 2.75) is 70.2 Å². The molecule has 4 rings (SSSR count). The molecule has 1 N–H and O–H groups in total. The van der Waals surface area contributed by atoms with E-state index in [1.54, 1.807) is 0 Å². The summed E-state index contributed by atoms with van der Waals surface area (Å²) in [5.41, 5.74) is 3.11. The molecule has 7 nitrogen and oxygen atoms in total. The van der Waals surface area contributed by atoms with Gasteiger partial charge < -0.3 is 29.0 Å². The molecular formula is C34H41NO6. The van der Waals surface area contributed by atoms with Crippen molar-refractivity contribution in [3.05, 3.63) is 120 Å². The topological polar surface area (TPSA) is 75.2 Å². The standard InChI is InChI=1S/C34H41NO6/c1-3-4-14-21-38-34-31(35-26(2)36)33(40-24-29-19-12-7-13-20-29)32(39-23-28-17-10-6-11-18-28)30(41-34)25-37-22-27-15-8-5-9-16-27/h3,5-13,15-20,30-34H,1,4,14,21-25H2,2H3,(H,35,36)/t30-,31-,32-,33-,34-/m1/s1. The number of allylic oxidation sites excluding steroid dienone is 1. The first-order chi connectivity index (χ1) is 20.1. The molecule has 7 heteroatoms. The Balaban J connectivity index is 1.59. The smallest absolute Gasteiger partial charge is 0.217 e. The SMILES string of the molecule is C=CCCCO[C@@H]1O[C@H](COCc2ccccc2)[C@@H](OCc2ccccc2)[C@H](OCc2ccccc2)[C@H]1NC(C)=O. The van der Waals surface area contributed by atoms with Crippen molar-refractivity contribution in [2.24, 2.45) is 0 Å². The maximum Gasteiger partial charge on any atom is 0.217 e. The number of carbonyl (C=O) groups is 1. The molecule has 5 atom stereocenters. The molecule has 3 aromatic rings. The van der Waals surface area contributed by atoms with Crippen molar-refractivity contribution < 1.29 is 28.5 Å². The normalized spacial score (nSPS) is 22.2. The van der Waals surface area contributed by atoms with E-state index in [0.717, 1.165) is 29.5 Å². The lowest BCUT2D eigenvalue weighted by atomic mass is 9.95. The molecule has 0 spiro atoms. The Kier molecular flexibility index (Phi) is 12.6. The van der Waals surface area contributed by atoms with Gasteiger partial charge in [0.25, 0.3) is 0 Å². The summed E-state index contributed by atoms with van der Waals surface area (Å²) in [6, 6.07) is 29.3. The summed E-state index contributed by atoms with van der Waals surface area (Å²) in [4.78, 5) is 12.4. The minimum atomic E-state index is -0.744. The van der Waals surface area contributed by atoms with Crippen molar-refractivity contribution in [3.63, 3.8) is 0 Å². The van der Waals surface area contributed by atoms with E-state index in [0.29, 0.717) is 26.4 Å². The zero-order valence-electron chi connectivity index (χ0n) is 23.7. The molecule has 0 radical (unpaired) electrons. The van der Waals surface area contributed by atoms with Crippen LogP contribution in [0.5, 0.6) is 0 Å². The summed E-state index contributed by atoms with van der Waals surface area (Å²) >= 11 is 0. The molecule has 218 valence electrons. The summed E-state index contributed by atoms with van der Waals surface area (Å²) in [6.45, 7) is 7.12. The Morgan fingerprint density at radius 2 is 1.34 bits per heavy atom. The molecule has 0 aromatic heterocycles. The second kappa shape index (κ2) is 16.8. The van der Waals surface area contributed by atoms with Gasteiger partial charge in [-0.05, 0) is 29.5 Å². The monoisotopic (exact) mass is 559 g/mol. The zero-order chi connectivity index (χ0) is 28.7. The fourth-order valence-electron chi connectivity index (χ4n) is 4.80. The predicted octanol–water partition coefficient (Wildman–Crippen LogP) is 5.59. The fourth-order valence-corrected chi connectivity index (χ4v) is 4.80. The fraction of sp³-hybridized carbons (Fsp3) is 0.382. The Labute approximate surface area is 243 Å². The molecule has 1 aliphatic heterocycles. The number of hydrogen-bond acceptors (Lipinski definition) is 6. The summed E-state index contributed by atoms with van der Waals surface area (Å²) in [5, 5.41) is 3.03. The molecule has 0 bridgehead atoms. The third kappa shape index (κ3) is 9.92. The van der Waals surface area contributed by atoms with Crippen LogP contribution in [0.3, 0.4) is 0 Å². The first-order valence-corrected chi connectivity index (χ1v) is 14.2. The molecule has 1 fully saturated rings. The molecule has 1 aliphatic rings. The van der Waals surface area contributed by atoms with Crippen molar-refractivity contribution in [1.29, 1.82) is 0 Å². The summed E-state index contributed by atoms with van der Waals surface area (Å²) in [5.74, 6) is -0.202. The van der Waals surface area contributed by atoms with Gasteiger partial charge in [0.1, 0.15) is 24.4 Å². The Morgan fingerprint density at radius 1 is 0.805 bits per heavy atom. The number of benzene rings is 3. The summed E-state index contributed by atoms with van der Waals surface area (Å²) in [7, 11) is 0. The first-order valence-electron chi connectivity index (χ1n) is 14.2. The maximum atomic E-state index is 12.4. The Hall–Kier alpha value is -3.33. The molecule has 0 saturated carbocycles. The van der Waals surface area contributed by atoms with Gasteiger partial charge in [-0.3, -0.25) is 4.79 Å². The Bertz CT molecular complexity index is 1160. The minimum Gasteiger partial charge on any atom is -0.374 e. The second-order valence-corrected chi connectivity index (χ2v) is 10.1. The molecule has 1 saturated heterocycles. The van der Waals surface area contributed by atoms with Crippen LogP contribution in [0.1, 0.15) is 36.5 Å². The van der Waals surface area contributed by atoms with Crippen LogP contribution in [0.15, 0.2) is 104 Å². The van der Waals surface area contributed by atoms with E-state index in [1.807, 2.05) is 97.1 Å². The number of hydrogen-bond donors (Lipinski definition) is 1. The van der Waals surface area contributed by atoms with E-state index in [2.05, 4.69) is 11.9 Å². The molecule has 3 aromatic carbocycles. The van der Waals surface area contributed by atoms with Crippen LogP contribution in [0.4, 0.5) is 0 Å². The van der Waals surface area contributed by atoms with Crippen molar-refractivity contribution in [1.82, 2.24) is 5.32 Å². The minimum absolute atomic E-state index is 0.202. The quantitative estimate of drug-likeness (QED) is 0.182. The highest BCUT2D eigenvalue weighted by molar-refractivity contribution is 5.73. The van der Waals surface area contributed by atoms with Gasteiger partial charge in [-0.2, -0.15) is 0 Å². The lowest BCUT2D eigenvalue weighted by molar-refractivity contribution is -0.290. The first kappa shape index (κ1) is 30.6. The van der Waals surface area contributed by atoms with Crippen LogP contribution in [-0.4, -0.2) is 49.8 Å². The van der Waals surface area contributed by atoms with Gasteiger partial charge in [0.2, 0.25) is 5.91 Å². The van der Waals surface area contributed by atoms with Gasteiger partial charge >= 0.3 is 0 Å². The summed E-state index contributed by atoms with van der Waals surface area (Å²) < 4.78 is 32.0. The van der Waals surface area contributed by atoms with E-state index >= 15 is 0 Å². The van der Waals surface area contributed by atoms with Crippen molar-refractivity contribution in [3.8, 4) is 0 Å². The van der Waals surface area contributed by atoms with E-state index in [-0.39, 0.29) is 12.5 Å². The van der Waals surface area contributed by atoms with Gasteiger partial charge in [0, 0.05) is 6.92 Å². The third-order valence-electron chi connectivity index (χ3n) is 6.82. The number of nitrogens with one attached hydrogen (secondary N) is 1. The van der Waals surface area contributed by atoms with Crippen LogP contribution >= 0.6 is 0 Å². The molecule has 0 unspecified atom stereocenters. The number of ether oxygens (including phenoxy) is 5. The van der Waals surface area contributed by atoms with Gasteiger partial charge in [0.05, 0.1) is 33.0 Å². The van der Waals surface area contributed by atoms with Crippen molar-refractivity contribution in [2.75, 3.05) is 13.2 Å². The van der Waals surface area contributed by atoms with Gasteiger partial charge in [-0.1, -0.05) is 97.1 Å². The van der Waals surface area contributed by atoms with Crippen LogP contribution in [0.2, 0.25) is 0 Å². The summed E-state index contributed by atoms with van der Waals surface area (Å²) in [6.07, 6.45) is 1.11. The molecule has 41 heavy (non-hydrogen) atoms. The second-order valence-electron chi connectivity index (χ2n) is 10.1. The van der Waals surface area contributed by atoms with Crippen molar-refractivity contribution >= 4 is 5.91 Å². The van der Waals surface area contributed by atoms with Crippen LogP contribution < -0.4 is 5.32 Å². The average Bonchev–Trinajstić information content (AvgIpc) is 3.00. The van der Waals surface area contributed by atoms with Gasteiger partial charge in [0.15, 0.2) is 6.29 Å². The Morgan fingerprint density at radius 3 is 1.88 bits per heavy atom. The van der Waals surface area contributed by atoms with E-state index in [4.69, 9.17) is 23.7 Å².